The Labute approximate surface area is 600 Å². The van der Waals surface area contributed by atoms with Gasteiger partial charge in [-0.15, -0.1) is 0 Å². The Bertz CT molecular complexity index is 2740. The summed E-state index contributed by atoms with van der Waals surface area (Å²) >= 11 is 0. The van der Waals surface area contributed by atoms with Crippen molar-refractivity contribution >= 4 is 43.6 Å². The highest BCUT2D eigenvalue weighted by atomic mass is 31.2. The molecule has 0 unspecified atom stereocenters. The third kappa shape index (κ3) is 44.7. The van der Waals surface area contributed by atoms with Crippen molar-refractivity contribution in [1.82, 2.24) is 21.3 Å². The number of phosphoric ester groups is 1. The van der Waals surface area contributed by atoms with Crippen molar-refractivity contribution in [3.63, 3.8) is 0 Å². The van der Waals surface area contributed by atoms with Gasteiger partial charge in [-0.3, -0.25) is 37.5 Å². The molecule has 4 amide bonds. The topological polar surface area (TPSA) is 232 Å². The average molecular weight is 1410 g/mol. The lowest BCUT2D eigenvalue weighted by Gasteiger charge is -2.23. The maximum atomic E-state index is 14.5. The fourth-order valence-electron chi connectivity index (χ4n) is 11.7. The first-order valence-corrected chi connectivity index (χ1v) is 39.8. The van der Waals surface area contributed by atoms with Crippen LogP contribution < -0.4 is 21.3 Å². The van der Waals surface area contributed by atoms with Crippen LogP contribution in [-0.2, 0) is 87.5 Å². The number of nitrogens with one attached hydrogen (secondary N) is 4. The number of benzene rings is 4. The Hall–Kier alpha value is -6.43. The number of hydrogen-bond donors (Lipinski definition) is 4. The van der Waals surface area contributed by atoms with Gasteiger partial charge in [0.2, 0.25) is 17.7 Å². The molecule has 100 heavy (non-hydrogen) atoms. The lowest BCUT2D eigenvalue weighted by Crippen LogP contribution is -2.48. The zero-order valence-corrected chi connectivity index (χ0v) is 62.0. The monoisotopic (exact) mass is 1410 g/mol. The molecule has 0 fully saturated rings. The van der Waals surface area contributed by atoms with E-state index in [2.05, 4.69) is 42.0 Å². The summed E-state index contributed by atoms with van der Waals surface area (Å²) in [4.78, 5) is 82.2. The summed E-state index contributed by atoms with van der Waals surface area (Å²) in [5.74, 6) is -2.29. The maximum Gasteiger partial charge on any atom is 0.475 e. The quantitative estimate of drug-likeness (QED) is 0.0139. The summed E-state index contributed by atoms with van der Waals surface area (Å²) in [7, 11) is -4.29. The summed E-state index contributed by atoms with van der Waals surface area (Å²) < 4.78 is 55.8. The van der Waals surface area contributed by atoms with Crippen molar-refractivity contribution in [3.05, 3.63) is 144 Å². The van der Waals surface area contributed by atoms with Crippen molar-refractivity contribution in [2.75, 3.05) is 26.3 Å². The zero-order chi connectivity index (χ0) is 71.6. The van der Waals surface area contributed by atoms with Gasteiger partial charge in [0.1, 0.15) is 25.4 Å². The Morgan fingerprint density at radius 3 is 1.32 bits per heavy atom. The van der Waals surface area contributed by atoms with Gasteiger partial charge in [-0.2, -0.15) is 0 Å². The lowest BCUT2D eigenvalue weighted by atomic mass is 10.0. The van der Waals surface area contributed by atoms with Gasteiger partial charge in [-0.25, -0.2) is 9.36 Å². The zero-order valence-electron chi connectivity index (χ0n) is 61.1. The molecule has 0 spiro atoms. The molecular formula is C81H125N4O14P. The highest BCUT2D eigenvalue weighted by Crippen LogP contribution is 2.51. The molecule has 0 heterocycles. The predicted molar refractivity (Wildman–Crippen MR) is 397 cm³/mol. The highest BCUT2D eigenvalue weighted by Gasteiger charge is 2.31. The Balaban J connectivity index is 1.50. The van der Waals surface area contributed by atoms with Gasteiger partial charge in [-0.1, -0.05) is 303 Å². The second-order valence-electron chi connectivity index (χ2n) is 26.6. The van der Waals surface area contributed by atoms with Gasteiger partial charge in [0.15, 0.2) is 0 Å². The third-order valence-corrected chi connectivity index (χ3v) is 19.0. The maximum absolute atomic E-state index is 14.5. The molecule has 0 aromatic heterocycles. The number of phosphoric acid groups is 1. The molecule has 0 aliphatic heterocycles. The van der Waals surface area contributed by atoms with Gasteiger partial charge < -0.3 is 40.2 Å². The lowest BCUT2D eigenvalue weighted by molar-refractivity contribution is -0.151. The SMILES string of the molecule is CCCCCCCCCCCC(=O)O[C@H](CCCCCCCCCCC)CC(=O)N[C@@H](CCOP(=O)(OCc1ccccc1)OCc1ccccc1)C(=O)NCCC[C@H](COC(=O)CCNC(=O)OCc1ccccc1)NC(=O)C[C@@H](CCCCCCCCCCC)OCc1ccccc1. The number of carbonyl (C=O) groups is 6. The number of ether oxygens (including phenoxy) is 4. The normalized spacial score (nSPS) is 12.6. The van der Waals surface area contributed by atoms with Crippen LogP contribution in [0.1, 0.15) is 274 Å². The van der Waals surface area contributed by atoms with Crippen LogP contribution in [0.2, 0.25) is 0 Å². The minimum atomic E-state index is -4.29. The number of carbonyl (C=O) groups excluding carboxylic acids is 6. The molecule has 4 atom stereocenters. The van der Waals surface area contributed by atoms with E-state index in [-0.39, 0.29) is 103 Å². The number of esters is 2. The number of rotatable bonds is 62. The Morgan fingerprint density at radius 1 is 0.390 bits per heavy atom. The van der Waals surface area contributed by atoms with Gasteiger partial charge in [0.25, 0.3) is 0 Å². The first kappa shape index (κ1) is 86.0. The van der Waals surface area contributed by atoms with Crippen LogP contribution in [0.5, 0.6) is 0 Å². The second-order valence-corrected chi connectivity index (χ2v) is 28.2. The molecule has 4 N–H and O–H groups in total. The van der Waals surface area contributed by atoms with Crippen LogP contribution in [-0.4, -0.2) is 86.3 Å². The van der Waals surface area contributed by atoms with Crippen molar-refractivity contribution in [3.8, 4) is 0 Å². The highest BCUT2D eigenvalue weighted by molar-refractivity contribution is 7.48. The summed E-state index contributed by atoms with van der Waals surface area (Å²) in [5, 5.41) is 11.6. The Morgan fingerprint density at radius 2 is 0.820 bits per heavy atom. The van der Waals surface area contributed by atoms with E-state index < -0.39 is 49.9 Å². The summed E-state index contributed by atoms with van der Waals surface area (Å²) in [5.41, 5.74) is 3.28. The van der Waals surface area contributed by atoms with Crippen molar-refractivity contribution in [1.29, 1.82) is 0 Å². The van der Waals surface area contributed by atoms with Crippen LogP contribution >= 0.6 is 7.82 Å². The van der Waals surface area contributed by atoms with Crippen molar-refractivity contribution in [2.24, 2.45) is 0 Å². The van der Waals surface area contributed by atoms with E-state index in [0.29, 0.717) is 32.3 Å². The van der Waals surface area contributed by atoms with Crippen molar-refractivity contribution in [2.45, 2.75) is 303 Å². The van der Waals surface area contributed by atoms with E-state index in [1.165, 1.54) is 103 Å². The van der Waals surface area contributed by atoms with E-state index >= 15 is 0 Å². The van der Waals surface area contributed by atoms with Crippen LogP contribution in [0.4, 0.5) is 4.79 Å². The van der Waals surface area contributed by atoms with E-state index in [4.69, 9.17) is 32.5 Å². The molecule has 0 saturated carbocycles. The second kappa shape index (κ2) is 57.1. The molecule has 558 valence electrons. The fraction of sp³-hybridized carbons (Fsp3) is 0.630. The Kier molecular flexibility index (Phi) is 49.1. The first-order chi connectivity index (χ1) is 48.9. The van der Waals surface area contributed by atoms with E-state index in [1.807, 2.05) is 121 Å². The molecule has 0 aliphatic carbocycles. The van der Waals surface area contributed by atoms with Gasteiger partial charge in [0.05, 0.1) is 57.8 Å². The molecule has 4 aromatic carbocycles. The van der Waals surface area contributed by atoms with Crippen molar-refractivity contribution < 1.29 is 65.9 Å². The largest absolute Gasteiger partial charge is 0.475 e. The standard InChI is InChI=1S/C81H125N4O14P/c1-4-7-10-13-16-19-22-25-40-53-73(93-63-68-44-32-28-33-45-68)61-76(86)84-72(67-94-78(88)56-59-83-81(91)95-64-69-46-34-29-35-47-69)52-43-58-82-80(90)75(57-60-96-100(92,97-65-70-48-36-30-37-49-70)98-66-71-50-38-31-39-51-71)85-77(87)62-74(54-41-26-23-20-17-14-11-8-5-2)99-79(89)55-42-27-24-21-18-15-12-9-6-3/h28-39,44-51,72-75H,4-27,40-43,52-67H2,1-3H3,(H,82,90)(H,83,91)(H,84,86)(H,85,87)/t72-,73-,74-,75+/m1/s1. The molecule has 0 bridgehead atoms. The van der Waals surface area contributed by atoms with E-state index in [9.17, 15) is 33.3 Å². The predicted octanol–water partition coefficient (Wildman–Crippen LogP) is 18.7. The fourth-order valence-corrected chi connectivity index (χ4v) is 12.9. The first-order valence-electron chi connectivity index (χ1n) is 38.3. The average Bonchev–Trinajstić information content (AvgIpc) is 1.02. The number of hydrogen-bond acceptors (Lipinski definition) is 14. The number of alkyl carbamates (subject to hydrolysis) is 1. The molecule has 0 aliphatic rings. The van der Waals surface area contributed by atoms with E-state index in [0.717, 1.165) is 86.5 Å². The molecule has 0 saturated heterocycles. The smallest absolute Gasteiger partial charge is 0.463 e. The molecule has 4 aromatic rings. The van der Waals surface area contributed by atoms with Crippen LogP contribution in [0.25, 0.3) is 0 Å². The minimum absolute atomic E-state index is 0.0406. The summed E-state index contributed by atoms with van der Waals surface area (Å²) in [6.45, 7) is 6.41. The minimum Gasteiger partial charge on any atom is -0.463 e. The molecule has 0 radical (unpaired) electrons. The number of unbranched alkanes of at least 4 members (excludes halogenated alkanes) is 24. The number of amides is 4. The van der Waals surface area contributed by atoms with Gasteiger partial charge in [-0.05, 0) is 60.8 Å². The van der Waals surface area contributed by atoms with Gasteiger partial charge in [0, 0.05) is 25.9 Å². The molecule has 4 rings (SSSR count). The summed E-state index contributed by atoms with van der Waals surface area (Å²) in [6, 6.07) is 35.5. The molecular weight excluding hydrogens is 1280 g/mol. The summed E-state index contributed by atoms with van der Waals surface area (Å²) in [6.07, 6.45) is 30.2. The third-order valence-electron chi connectivity index (χ3n) is 17.6. The van der Waals surface area contributed by atoms with E-state index in [1.54, 1.807) is 0 Å². The molecule has 18 nitrogen and oxygen atoms in total. The van der Waals surface area contributed by atoms with Crippen LogP contribution in [0.3, 0.4) is 0 Å². The van der Waals surface area contributed by atoms with Gasteiger partial charge >= 0.3 is 25.9 Å². The molecule has 19 heteroatoms. The van der Waals surface area contributed by atoms with Crippen LogP contribution in [0, 0.1) is 0 Å². The van der Waals surface area contributed by atoms with Crippen LogP contribution in [0.15, 0.2) is 121 Å².